The van der Waals surface area contributed by atoms with Gasteiger partial charge in [0.25, 0.3) is 0 Å². The lowest BCUT2D eigenvalue weighted by Crippen LogP contribution is -2.55. The molecule has 1 aliphatic heterocycles. The van der Waals surface area contributed by atoms with E-state index in [9.17, 15) is 28.0 Å². The summed E-state index contributed by atoms with van der Waals surface area (Å²) in [6, 6.07) is 5.62. The Labute approximate surface area is 202 Å². The molecule has 0 radical (unpaired) electrons. The molecule has 1 aromatic rings. The Morgan fingerprint density at radius 1 is 1.12 bits per heavy atom. The number of piperazine rings is 1. The number of nitriles is 1. The van der Waals surface area contributed by atoms with Crippen LogP contribution in [0.1, 0.15) is 37.7 Å². The predicted octanol–water partition coefficient (Wildman–Crippen LogP) is 3.60. The molecule has 1 aliphatic carbocycles. The number of alkyl halides is 3. The van der Waals surface area contributed by atoms with Crippen molar-refractivity contribution in [1.82, 2.24) is 14.7 Å². The summed E-state index contributed by atoms with van der Waals surface area (Å²) >= 11 is 5.61. The number of nitrogens with one attached hydrogen (secondary N) is 1. The van der Waals surface area contributed by atoms with E-state index in [2.05, 4.69) is 11.4 Å². The summed E-state index contributed by atoms with van der Waals surface area (Å²) in [5.74, 6) is -0.509. The van der Waals surface area contributed by atoms with E-state index < -0.39 is 28.2 Å². The molecule has 1 saturated carbocycles. The van der Waals surface area contributed by atoms with Crippen LogP contribution in [0.15, 0.2) is 18.2 Å². The zero-order valence-corrected chi connectivity index (χ0v) is 19.9. The van der Waals surface area contributed by atoms with Crippen molar-refractivity contribution in [3.05, 3.63) is 28.8 Å². The Kier molecular flexibility index (Phi) is 8.44. The summed E-state index contributed by atoms with van der Waals surface area (Å²) in [7, 11) is 1.71. The van der Waals surface area contributed by atoms with Gasteiger partial charge in [0, 0.05) is 38.9 Å². The van der Waals surface area contributed by atoms with E-state index >= 15 is 0 Å². The van der Waals surface area contributed by atoms with Gasteiger partial charge in [-0.05, 0) is 31.0 Å². The van der Waals surface area contributed by atoms with Gasteiger partial charge in [0.15, 0.2) is 0 Å². The van der Waals surface area contributed by atoms with Crippen LogP contribution in [0.25, 0.3) is 0 Å². The van der Waals surface area contributed by atoms with Crippen LogP contribution in [-0.4, -0.2) is 78.4 Å². The van der Waals surface area contributed by atoms with Crippen LogP contribution in [0.5, 0.6) is 0 Å². The highest BCUT2D eigenvalue weighted by Gasteiger charge is 2.39. The zero-order valence-electron chi connectivity index (χ0n) is 19.1. The van der Waals surface area contributed by atoms with Crippen molar-refractivity contribution in [2.45, 2.75) is 43.8 Å². The fourth-order valence-electron chi connectivity index (χ4n) is 4.52. The first kappa shape index (κ1) is 26.3. The minimum atomic E-state index is -4.61. The predicted molar refractivity (Wildman–Crippen MR) is 122 cm³/mol. The minimum absolute atomic E-state index is 0.0307. The van der Waals surface area contributed by atoms with Crippen molar-refractivity contribution in [2.75, 3.05) is 51.6 Å². The van der Waals surface area contributed by atoms with Gasteiger partial charge in [-0.1, -0.05) is 30.9 Å². The van der Waals surface area contributed by atoms with E-state index in [0.717, 1.165) is 31.4 Å². The van der Waals surface area contributed by atoms with Crippen LogP contribution < -0.4 is 5.32 Å². The summed E-state index contributed by atoms with van der Waals surface area (Å²) in [6.45, 7) is 2.48. The van der Waals surface area contributed by atoms with Gasteiger partial charge in [0.05, 0.1) is 29.7 Å². The maximum Gasteiger partial charge on any atom is 0.417 e. The second-order valence-corrected chi connectivity index (χ2v) is 9.36. The molecule has 3 rings (SSSR count). The van der Waals surface area contributed by atoms with Crippen molar-refractivity contribution in [3.63, 3.8) is 0 Å². The molecule has 34 heavy (non-hydrogen) atoms. The summed E-state index contributed by atoms with van der Waals surface area (Å²) < 4.78 is 39.0. The molecule has 7 nitrogen and oxygen atoms in total. The third-order valence-corrected chi connectivity index (χ3v) is 6.98. The number of benzene rings is 1. The third-order valence-electron chi connectivity index (χ3n) is 6.65. The van der Waals surface area contributed by atoms with Crippen molar-refractivity contribution in [2.24, 2.45) is 0 Å². The van der Waals surface area contributed by atoms with Crippen LogP contribution in [0.2, 0.25) is 5.02 Å². The van der Waals surface area contributed by atoms with Crippen LogP contribution in [0.3, 0.4) is 0 Å². The fourth-order valence-corrected chi connectivity index (χ4v) is 4.75. The topological polar surface area (TPSA) is 79.7 Å². The summed E-state index contributed by atoms with van der Waals surface area (Å²) in [5, 5.41) is 11.8. The molecule has 1 saturated heterocycles. The van der Waals surface area contributed by atoms with Gasteiger partial charge in [-0.15, -0.1) is 0 Å². The molecular formula is C23H29ClF3N5O2. The second-order valence-electron chi connectivity index (χ2n) is 8.95. The lowest BCUT2D eigenvalue weighted by Gasteiger charge is -2.40. The second kappa shape index (κ2) is 10.9. The highest BCUT2D eigenvalue weighted by Crippen LogP contribution is 2.36. The first-order valence-corrected chi connectivity index (χ1v) is 11.7. The first-order valence-electron chi connectivity index (χ1n) is 11.3. The smallest absolute Gasteiger partial charge is 0.326 e. The van der Waals surface area contributed by atoms with Gasteiger partial charge in [-0.2, -0.15) is 18.4 Å². The molecule has 0 atom stereocenters. The number of rotatable bonds is 6. The number of anilines is 1. The lowest BCUT2D eigenvalue weighted by atomic mass is 9.81. The van der Waals surface area contributed by atoms with Gasteiger partial charge < -0.3 is 10.2 Å². The minimum Gasteiger partial charge on any atom is -0.326 e. The Morgan fingerprint density at radius 2 is 1.71 bits per heavy atom. The van der Waals surface area contributed by atoms with E-state index in [1.54, 1.807) is 11.9 Å². The monoisotopic (exact) mass is 499 g/mol. The number of amides is 2. The molecule has 1 N–H and O–H groups in total. The van der Waals surface area contributed by atoms with Gasteiger partial charge in [0.2, 0.25) is 11.8 Å². The number of nitrogens with zero attached hydrogens (tertiary/aromatic N) is 4. The maximum atomic E-state index is 13.0. The van der Waals surface area contributed by atoms with Gasteiger partial charge in [0.1, 0.15) is 5.54 Å². The Bertz CT molecular complexity index is 936. The summed E-state index contributed by atoms with van der Waals surface area (Å²) in [5.41, 5.74) is -1.69. The van der Waals surface area contributed by atoms with Crippen molar-refractivity contribution >= 4 is 29.1 Å². The van der Waals surface area contributed by atoms with Gasteiger partial charge in [-0.25, -0.2) is 0 Å². The lowest BCUT2D eigenvalue weighted by molar-refractivity contribution is -0.137. The van der Waals surface area contributed by atoms with Crippen LogP contribution in [0.4, 0.5) is 18.9 Å². The third kappa shape index (κ3) is 6.40. The van der Waals surface area contributed by atoms with E-state index in [0.29, 0.717) is 39.0 Å². The van der Waals surface area contributed by atoms with Gasteiger partial charge in [-0.3, -0.25) is 19.4 Å². The molecule has 2 fully saturated rings. The highest BCUT2D eigenvalue weighted by molar-refractivity contribution is 6.31. The van der Waals surface area contributed by atoms with Crippen molar-refractivity contribution in [3.8, 4) is 6.07 Å². The Balaban J connectivity index is 1.46. The molecular weight excluding hydrogens is 471 g/mol. The largest absolute Gasteiger partial charge is 0.417 e. The molecule has 0 aromatic heterocycles. The zero-order chi connectivity index (χ0) is 24.9. The number of hydrogen-bond acceptors (Lipinski definition) is 5. The Hall–Kier alpha value is -2.35. The standard InChI is InChI=1S/C23H29ClF3N5O2/c1-30(22(16-28)7-3-2-4-8-22)21(34)15-32-11-9-31(10-12-32)14-20(33)29-17-5-6-19(24)18(13-17)23(25,26)27/h5-6,13H,2-4,7-12,14-15H2,1H3,(H,29,33). The van der Waals surface area contributed by atoms with Crippen LogP contribution in [-0.2, 0) is 15.8 Å². The normalized spacial score (nSPS) is 19.3. The summed E-state index contributed by atoms with van der Waals surface area (Å²) in [4.78, 5) is 30.7. The molecule has 0 bridgehead atoms. The first-order chi connectivity index (χ1) is 16.0. The van der Waals surface area contributed by atoms with E-state index in [1.807, 2.05) is 9.80 Å². The van der Waals surface area contributed by atoms with Crippen LogP contribution >= 0.6 is 11.6 Å². The highest BCUT2D eigenvalue weighted by atomic mass is 35.5. The Morgan fingerprint density at radius 3 is 2.26 bits per heavy atom. The molecule has 1 heterocycles. The van der Waals surface area contributed by atoms with Gasteiger partial charge >= 0.3 is 6.18 Å². The molecule has 0 spiro atoms. The van der Waals surface area contributed by atoms with E-state index in [4.69, 9.17) is 11.6 Å². The van der Waals surface area contributed by atoms with Crippen LogP contribution in [0, 0.1) is 11.3 Å². The van der Waals surface area contributed by atoms with Crippen molar-refractivity contribution in [1.29, 1.82) is 5.26 Å². The molecule has 11 heteroatoms. The molecule has 2 aliphatic rings. The average Bonchev–Trinajstić information content (AvgIpc) is 2.80. The molecule has 186 valence electrons. The van der Waals surface area contributed by atoms with E-state index in [-0.39, 0.29) is 24.7 Å². The maximum absolute atomic E-state index is 13.0. The molecule has 2 amide bonds. The SMILES string of the molecule is CN(C(=O)CN1CCN(CC(=O)Nc2ccc(Cl)c(C(F)(F)F)c2)CC1)C1(C#N)CCCCC1. The quantitative estimate of drug-likeness (QED) is 0.647. The summed E-state index contributed by atoms with van der Waals surface area (Å²) in [6.07, 6.45) is -0.232. The van der Waals surface area contributed by atoms with E-state index in [1.165, 1.54) is 6.07 Å². The molecule has 0 unspecified atom stereocenters. The molecule has 1 aromatic carbocycles. The fraction of sp³-hybridized carbons (Fsp3) is 0.609. The number of likely N-dealkylation sites (N-methyl/N-ethyl adjacent to an activating group) is 1. The number of carbonyl (C=O) groups excluding carboxylic acids is 2. The average molecular weight is 500 g/mol. The number of halogens is 4. The number of carbonyl (C=O) groups is 2. The number of hydrogen-bond donors (Lipinski definition) is 1. The van der Waals surface area contributed by atoms with Crippen molar-refractivity contribution < 1.29 is 22.8 Å².